The fourth-order valence-electron chi connectivity index (χ4n) is 3.37. The molecule has 1 fully saturated rings. The maximum absolute atomic E-state index is 13.0. The Morgan fingerprint density at radius 3 is 2.54 bits per heavy atom. The fourth-order valence-corrected chi connectivity index (χ4v) is 5.06. The van der Waals surface area contributed by atoms with E-state index in [4.69, 9.17) is 0 Å². The molecule has 1 saturated heterocycles. The van der Waals surface area contributed by atoms with Gasteiger partial charge in [0.25, 0.3) is 5.91 Å². The summed E-state index contributed by atoms with van der Waals surface area (Å²) in [6, 6.07) is 5.29. The minimum Gasteiger partial charge on any atom is -0.337 e. The van der Waals surface area contributed by atoms with E-state index in [-0.39, 0.29) is 29.3 Å². The Kier molecular flexibility index (Phi) is 4.88. The molecule has 0 aliphatic carbocycles. The van der Waals surface area contributed by atoms with Crippen molar-refractivity contribution in [2.45, 2.75) is 32.9 Å². The Bertz CT molecular complexity index is 935. The lowest BCUT2D eigenvalue weighted by molar-refractivity contribution is 0.0784. The van der Waals surface area contributed by atoms with Crippen LogP contribution >= 0.6 is 0 Å². The van der Waals surface area contributed by atoms with Crippen LogP contribution in [-0.2, 0) is 16.4 Å². The summed E-state index contributed by atoms with van der Waals surface area (Å²) in [5, 5.41) is 4.52. The van der Waals surface area contributed by atoms with E-state index >= 15 is 0 Å². The molecular weight excluding hydrogens is 357 g/mol. The van der Waals surface area contributed by atoms with E-state index in [1.807, 2.05) is 13.8 Å². The van der Waals surface area contributed by atoms with E-state index < -0.39 is 9.84 Å². The second-order valence-electron chi connectivity index (χ2n) is 6.82. The summed E-state index contributed by atoms with van der Waals surface area (Å²) >= 11 is 0. The molecule has 0 spiro atoms. The first-order valence-electron chi connectivity index (χ1n) is 8.44. The van der Waals surface area contributed by atoms with Crippen molar-refractivity contribution < 1.29 is 17.6 Å². The monoisotopic (exact) mass is 379 g/mol. The first-order chi connectivity index (χ1) is 12.2. The number of nitrogens with zero attached hydrogens (tertiary/aromatic N) is 3. The van der Waals surface area contributed by atoms with Gasteiger partial charge in [0.1, 0.15) is 5.82 Å². The van der Waals surface area contributed by atoms with Gasteiger partial charge < -0.3 is 4.90 Å². The maximum atomic E-state index is 13.0. The molecule has 0 N–H and O–H groups in total. The third-order valence-electron chi connectivity index (χ3n) is 4.86. The van der Waals surface area contributed by atoms with Gasteiger partial charge in [-0.3, -0.25) is 9.48 Å². The first-order valence-corrected chi connectivity index (χ1v) is 10.3. The molecule has 0 bridgehead atoms. The summed E-state index contributed by atoms with van der Waals surface area (Å²) in [5.74, 6) is -0.295. The number of amides is 1. The Labute approximate surface area is 152 Å². The molecule has 0 radical (unpaired) electrons. The van der Waals surface area contributed by atoms with E-state index in [1.165, 1.54) is 24.3 Å². The number of hydrogen-bond donors (Lipinski definition) is 0. The molecule has 1 atom stereocenters. The predicted octanol–water partition coefficient (Wildman–Crippen LogP) is 2.27. The quantitative estimate of drug-likeness (QED) is 0.817. The zero-order valence-corrected chi connectivity index (χ0v) is 15.9. The highest BCUT2D eigenvalue weighted by atomic mass is 32.2. The molecule has 8 heteroatoms. The van der Waals surface area contributed by atoms with E-state index in [0.717, 1.165) is 17.0 Å². The number of aromatic nitrogens is 2. The molecule has 0 unspecified atom stereocenters. The number of carbonyl (C=O) groups excluding carboxylic acids is 1. The molecule has 2 aromatic rings. The van der Waals surface area contributed by atoms with Crippen LogP contribution in [0.15, 0.2) is 24.3 Å². The van der Waals surface area contributed by atoms with Crippen LogP contribution in [0.1, 0.15) is 39.8 Å². The highest BCUT2D eigenvalue weighted by molar-refractivity contribution is 7.91. The van der Waals surface area contributed by atoms with Crippen molar-refractivity contribution in [3.63, 3.8) is 0 Å². The second kappa shape index (κ2) is 6.83. The number of aryl methyl sites for hydroxylation is 1. The topological polar surface area (TPSA) is 72.3 Å². The average molecular weight is 379 g/mol. The van der Waals surface area contributed by atoms with Crippen molar-refractivity contribution in [2.24, 2.45) is 0 Å². The highest BCUT2D eigenvalue weighted by Gasteiger charge is 2.31. The molecule has 1 aromatic heterocycles. The van der Waals surface area contributed by atoms with Gasteiger partial charge >= 0.3 is 0 Å². The van der Waals surface area contributed by atoms with Crippen LogP contribution in [0.3, 0.4) is 0 Å². The van der Waals surface area contributed by atoms with E-state index in [9.17, 15) is 17.6 Å². The largest absolute Gasteiger partial charge is 0.337 e. The Morgan fingerprint density at radius 2 is 1.96 bits per heavy atom. The maximum Gasteiger partial charge on any atom is 0.253 e. The van der Waals surface area contributed by atoms with Crippen LogP contribution in [0, 0.1) is 19.7 Å². The van der Waals surface area contributed by atoms with Crippen LogP contribution < -0.4 is 0 Å². The summed E-state index contributed by atoms with van der Waals surface area (Å²) in [7, 11) is -1.31. The normalized spacial score (nSPS) is 18.8. The van der Waals surface area contributed by atoms with E-state index in [1.54, 1.807) is 16.6 Å². The van der Waals surface area contributed by atoms with Gasteiger partial charge in [-0.05, 0) is 44.5 Å². The SMILES string of the molecule is Cc1nn([C@@H]2CCS(=O)(=O)C2)c(C)c1CN(C)C(=O)c1ccc(F)cc1. The van der Waals surface area contributed by atoms with Crippen molar-refractivity contribution in [2.75, 3.05) is 18.6 Å². The lowest BCUT2D eigenvalue weighted by Gasteiger charge is -2.18. The van der Waals surface area contributed by atoms with Crippen molar-refractivity contribution in [1.29, 1.82) is 0 Å². The Balaban J connectivity index is 1.79. The summed E-state index contributed by atoms with van der Waals surface area (Å²) in [6.07, 6.45) is 0.564. The van der Waals surface area contributed by atoms with Crippen LogP contribution in [0.2, 0.25) is 0 Å². The smallest absolute Gasteiger partial charge is 0.253 e. The molecule has 2 heterocycles. The van der Waals surface area contributed by atoms with Crippen LogP contribution in [0.5, 0.6) is 0 Å². The van der Waals surface area contributed by atoms with Gasteiger partial charge in [0.05, 0.1) is 23.2 Å². The van der Waals surface area contributed by atoms with E-state index in [2.05, 4.69) is 5.10 Å². The second-order valence-corrected chi connectivity index (χ2v) is 9.05. The van der Waals surface area contributed by atoms with Crippen molar-refractivity contribution >= 4 is 15.7 Å². The number of halogens is 1. The van der Waals surface area contributed by atoms with Gasteiger partial charge in [-0.15, -0.1) is 0 Å². The summed E-state index contributed by atoms with van der Waals surface area (Å²) in [5.41, 5.74) is 2.99. The van der Waals surface area contributed by atoms with Gasteiger partial charge in [-0.2, -0.15) is 5.10 Å². The van der Waals surface area contributed by atoms with Gasteiger partial charge in [-0.25, -0.2) is 12.8 Å². The van der Waals surface area contributed by atoms with Gasteiger partial charge in [0, 0.05) is 30.4 Å². The molecule has 0 saturated carbocycles. The number of benzene rings is 1. The molecule has 1 aliphatic rings. The summed E-state index contributed by atoms with van der Waals surface area (Å²) in [6.45, 7) is 4.11. The molecule has 6 nitrogen and oxygen atoms in total. The van der Waals surface area contributed by atoms with Gasteiger partial charge in [-0.1, -0.05) is 0 Å². The van der Waals surface area contributed by atoms with E-state index in [0.29, 0.717) is 18.5 Å². The minimum absolute atomic E-state index is 0.110. The lowest BCUT2D eigenvalue weighted by Crippen LogP contribution is -2.26. The minimum atomic E-state index is -3.00. The van der Waals surface area contributed by atoms with Crippen LogP contribution in [0.25, 0.3) is 0 Å². The summed E-state index contributed by atoms with van der Waals surface area (Å²) in [4.78, 5) is 14.1. The summed E-state index contributed by atoms with van der Waals surface area (Å²) < 4.78 is 38.3. The molecule has 26 heavy (non-hydrogen) atoms. The Morgan fingerprint density at radius 1 is 1.31 bits per heavy atom. The first kappa shape index (κ1) is 18.6. The van der Waals surface area contributed by atoms with Gasteiger partial charge in [0.15, 0.2) is 9.84 Å². The third-order valence-corrected chi connectivity index (χ3v) is 6.61. The average Bonchev–Trinajstić information content (AvgIpc) is 3.08. The number of carbonyl (C=O) groups is 1. The highest BCUT2D eigenvalue weighted by Crippen LogP contribution is 2.27. The number of sulfone groups is 1. The zero-order valence-electron chi connectivity index (χ0n) is 15.1. The molecule has 140 valence electrons. The van der Waals surface area contributed by atoms with Crippen molar-refractivity contribution in [3.8, 4) is 0 Å². The van der Waals surface area contributed by atoms with Crippen molar-refractivity contribution in [1.82, 2.24) is 14.7 Å². The molecule has 1 aromatic carbocycles. The van der Waals surface area contributed by atoms with Gasteiger partial charge in [0.2, 0.25) is 0 Å². The molecule has 1 amide bonds. The molecule has 3 rings (SSSR count). The predicted molar refractivity (Wildman–Crippen MR) is 96.2 cm³/mol. The molecule has 1 aliphatic heterocycles. The van der Waals surface area contributed by atoms with Crippen molar-refractivity contribution in [3.05, 3.63) is 52.6 Å². The standard InChI is InChI=1S/C18H22FN3O3S/c1-12-17(10-21(3)18(23)14-4-6-15(19)7-5-14)13(2)22(20-12)16-8-9-26(24,25)11-16/h4-7,16H,8-11H2,1-3H3/t16-/m1/s1. The van der Waals surface area contributed by atoms with Crippen LogP contribution in [-0.4, -0.2) is 47.6 Å². The lowest BCUT2D eigenvalue weighted by atomic mass is 10.1. The van der Waals surface area contributed by atoms with Crippen LogP contribution in [0.4, 0.5) is 4.39 Å². The number of rotatable bonds is 4. The zero-order chi connectivity index (χ0) is 19.1. The molecular formula is C18H22FN3O3S. The fraction of sp³-hybridized carbons (Fsp3) is 0.444. The Hall–Kier alpha value is -2.22. The third kappa shape index (κ3) is 3.65. The number of hydrogen-bond acceptors (Lipinski definition) is 4.